The molecule has 6 heteroatoms. The van der Waals surface area contributed by atoms with Crippen molar-refractivity contribution in [3.63, 3.8) is 0 Å². The summed E-state index contributed by atoms with van der Waals surface area (Å²) in [5.41, 5.74) is 4.93. The first-order valence-corrected chi connectivity index (χ1v) is 9.07. The largest absolute Gasteiger partial charge is 0.337 e. The molecule has 2 aromatic rings. The average Bonchev–Trinajstić information content (AvgIpc) is 3.15. The van der Waals surface area contributed by atoms with Crippen LogP contribution >= 0.6 is 11.6 Å². The van der Waals surface area contributed by atoms with Crippen molar-refractivity contribution in [1.29, 1.82) is 0 Å². The summed E-state index contributed by atoms with van der Waals surface area (Å²) in [6.45, 7) is 1.42. The molecule has 0 amide bonds. The summed E-state index contributed by atoms with van der Waals surface area (Å²) >= 11 is 5.97. The Morgan fingerprint density at radius 3 is 2.58 bits per heavy atom. The van der Waals surface area contributed by atoms with E-state index in [9.17, 15) is 4.39 Å². The summed E-state index contributed by atoms with van der Waals surface area (Å²) in [6, 6.07) is 10.5. The van der Waals surface area contributed by atoms with Crippen molar-refractivity contribution in [2.24, 2.45) is 4.99 Å². The minimum atomic E-state index is -0.256. The highest BCUT2D eigenvalue weighted by atomic mass is 35.5. The zero-order valence-corrected chi connectivity index (χ0v) is 14.9. The Balaban J connectivity index is 1.90. The van der Waals surface area contributed by atoms with Gasteiger partial charge in [-0.15, -0.1) is 11.6 Å². The molecule has 0 saturated heterocycles. The lowest BCUT2D eigenvalue weighted by molar-refractivity contribution is 0.500. The third-order valence-corrected chi connectivity index (χ3v) is 4.69. The minimum absolute atomic E-state index is 0.256. The molecule has 4 nitrogen and oxygen atoms in total. The number of fused-ring (bicyclic) bond motifs is 1. The van der Waals surface area contributed by atoms with Crippen LogP contribution in [-0.4, -0.2) is 34.7 Å². The van der Waals surface area contributed by atoms with Crippen molar-refractivity contribution in [2.45, 2.75) is 6.42 Å². The molecule has 2 aliphatic rings. The Labute approximate surface area is 156 Å². The van der Waals surface area contributed by atoms with E-state index in [1.807, 2.05) is 12.1 Å². The summed E-state index contributed by atoms with van der Waals surface area (Å²) in [5, 5.41) is 3.45. The second kappa shape index (κ2) is 7.30. The number of nitrogens with zero attached hydrogens (tertiary/aromatic N) is 3. The van der Waals surface area contributed by atoms with Crippen LogP contribution in [0, 0.1) is 5.82 Å². The molecule has 1 N–H and O–H groups in total. The highest BCUT2D eigenvalue weighted by Gasteiger charge is 2.31. The van der Waals surface area contributed by atoms with Gasteiger partial charge in [-0.2, -0.15) is 0 Å². The fourth-order valence-corrected chi connectivity index (χ4v) is 3.38. The summed E-state index contributed by atoms with van der Waals surface area (Å²) in [6.07, 6.45) is 6.50. The maximum Gasteiger partial charge on any atom is 0.149 e. The van der Waals surface area contributed by atoms with Gasteiger partial charge in [0.2, 0.25) is 0 Å². The number of hydrogen-bond donors (Lipinski definition) is 1. The van der Waals surface area contributed by atoms with Crippen LogP contribution in [0.1, 0.15) is 17.5 Å². The van der Waals surface area contributed by atoms with Crippen LogP contribution in [0.2, 0.25) is 0 Å². The molecular formula is C20H18ClFN4. The summed E-state index contributed by atoms with van der Waals surface area (Å²) in [5.74, 6) is 1.17. The molecule has 0 radical (unpaired) electrons. The molecule has 0 aliphatic carbocycles. The minimum Gasteiger partial charge on any atom is -0.337 e. The maximum atomic E-state index is 13.4. The number of halogens is 2. The standard InChI is InChI=1S/C20H18ClFN4/c21-9-1-13-26-17-8-12-24-20(17)25-18(14-2-4-16(22)5-3-14)19(26)15-6-10-23-11-7-15/h2-8,10-11H,1,9,12-13H2,(H,24,25). The van der Waals surface area contributed by atoms with Crippen molar-refractivity contribution in [3.05, 3.63) is 77.5 Å². The van der Waals surface area contributed by atoms with E-state index in [0.29, 0.717) is 12.4 Å². The molecule has 2 aliphatic heterocycles. The molecule has 0 unspecified atom stereocenters. The van der Waals surface area contributed by atoms with Gasteiger partial charge in [-0.1, -0.05) is 0 Å². The van der Waals surface area contributed by atoms with Gasteiger partial charge in [-0.3, -0.25) is 9.98 Å². The maximum absolute atomic E-state index is 13.4. The van der Waals surface area contributed by atoms with Crippen molar-refractivity contribution in [1.82, 2.24) is 15.2 Å². The van der Waals surface area contributed by atoms with Crippen LogP contribution in [0.25, 0.3) is 11.4 Å². The Kier molecular flexibility index (Phi) is 4.71. The van der Waals surface area contributed by atoms with Gasteiger partial charge in [-0.05, 0) is 48.9 Å². The second-order valence-corrected chi connectivity index (χ2v) is 6.44. The van der Waals surface area contributed by atoms with E-state index in [0.717, 1.165) is 47.0 Å². The van der Waals surface area contributed by atoms with E-state index in [1.54, 1.807) is 24.5 Å². The quantitative estimate of drug-likeness (QED) is 0.814. The summed E-state index contributed by atoms with van der Waals surface area (Å²) in [4.78, 5) is 10.9. The fourth-order valence-electron chi connectivity index (χ4n) is 3.26. The van der Waals surface area contributed by atoms with E-state index >= 15 is 0 Å². The number of aromatic nitrogens is 1. The Morgan fingerprint density at radius 2 is 1.85 bits per heavy atom. The molecule has 1 aromatic heterocycles. The van der Waals surface area contributed by atoms with Crippen molar-refractivity contribution < 1.29 is 4.39 Å². The molecule has 0 fully saturated rings. The number of aliphatic imine (C=N–C) groups is 1. The third-order valence-electron chi connectivity index (χ3n) is 4.42. The van der Waals surface area contributed by atoms with Gasteiger partial charge in [0.15, 0.2) is 0 Å². The smallest absolute Gasteiger partial charge is 0.149 e. The molecule has 3 heterocycles. The highest BCUT2D eigenvalue weighted by molar-refractivity contribution is 6.17. The van der Waals surface area contributed by atoms with Gasteiger partial charge >= 0.3 is 0 Å². The van der Waals surface area contributed by atoms with Gasteiger partial charge in [0.1, 0.15) is 11.7 Å². The summed E-state index contributed by atoms with van der Waals surface area (Å²) < 4.78 is 13.4. The number of pyridine rings is 1. The molecule has 0 saturated carbocycles. The van der Waals surface area contributed by atoms with Crippen LogP contribution in [0.3, 0.4) is 0 Å². The molecule has 1 aromatic carbocycles. The number of rotatable bonds is 5. The highest BCUT2D eigenvalue weighted by Crippen LogP contribution is 2.35. The van der Waals surface area contributed by atoms with Crippen molar-refractivity contribution >= 4 is 28.8 Å². The second-order valence-electron chi connectivity index (χ2n) is 6.06. The molecule has 0 atom stereocenters. The van der Waals surface area contributed by atoms with Crippen molar-refractivity contribution in [3.8, 4) is 0 Å². The molecule has 0 bridgehead atoms. The normalized spacial score (nSPS) is 16.2. The molecular weight excluding hydrogens is 351 g/mol. The van der Waals surface area contributed by atoms with E-state index < -0.39 is 0 Å². The Hall–Kier alpha value is -2.66. The third kappa shape index (κ3) is 3.10. The first-order chi connectivity index (χ1) is 12.8. The molecule has 4 rings (SSSR count). The average molecular weight is 369 g/mol. The predicted octanol–water partition coefficient (Wildman–Crippen LogP) is 3.88. The molecule has 26 heavy (non-hydrogen) atoms. The van der Waals surface area contributed by atoms with Crippen LogP contribution < -0.4 is 5.32 Å². The first-order valence-electron chi connectivity index (χ1n) is 8.54. The van der Waals surface area contributed by atoms with Crippen LogP contribution in [-0.2, 0) is 0 Å². The molecule has 0 spiro atoms. The Bertz CT molecular complexity index is 888. The first kappa shape index (κ1) is 16.8. The van der Waals surface area contributed by atoms with Crippen LogP contribution in [0.5, 0.6) is 0 Å². The zero-order valence-electron chi connectivity index (χ0n) is 14.1. The van der Waals surface area contributed by atoms with Gasteiger partial charge < -0.3 is 10.2 Å². The fraction of sp³-hybridized carbons (Fsp3) is 0.200. The number of amidine groups is 1. The van der Waals surface area contributed by atoms with Crippen LogP contribution in [0.4, 0.5) is 4.39 Å². The van der Waals surface area contributed by atoms with E-state index in [-0.39, 0.29) is 5.82 Å². The van der Waals surface area contributed by atoms with E-state index in [4.69, 9.17) is 11.6 Å². The lowest BCUT2D eigenvalue weighted by atomic mass is 10.0. The predicted molar refractivity (Wildman–Crippen MR) is 103 cm³/mol. The topological polar surface area (TPSA) is 40.5 Å². The van der Waals surface area contributed by atoms with Gasteiger partial charge in [-0.25, -0.2) is 4.39 Å². The van der Waals surface area contributed by atoms with Gasteiger partial charge in [0.05, 0.1) is 23.6 Å². The monoisotopic (exact) mass is 368 g/mol. The zero-order chi connectivity index (χ0) is 17.9. The number of hydrogen-bond acceptors (Lipinski definition) is 4. The number of alkyl halides is 1. The summed E-state index contributed by atoms with van der Waals surface area (Å²) in [7, 11) is 0. The van der Waals surface area contributed by atoms with Crippen molar-refractivity contribution in [2.75, 3.05) is 19.0 Å². The lowest BCUT2D eigenvalue weighted by Crippen LogP contribution is -2.40. The number of nitrogens with one attached hydrogen (secondary N) is 1. The van der Waals surface area contributed by atoms with E-state index in [2.05, 4.69) is 26.3 Å². The lowest BCUT2D eigenvalue weighted by Gasteiger charge is -2.36. The SMILES string of the molecule is Fc1ccc(C2=C(c3ccncc3)N(CCCCl)C3=CCN=C3N2)cc1. The van der Waals surface area contributed by atoms with E-state index in [1.165, 1.54) is 12.1 Å². The van der Waals surface area contributed by atoms with Crippen LogP contribution in [0.15, 0.2) is 65.6 Å². The molecule has 132 valence electrons. The van der Waals surface area contributed by atoms with Gasteiger partial charge in [0.25, 0.3) is 0 Å². The number of benzene rings is 1. The van der Waals surface area contributed by atoms with Gasteiger partial charge in [0, 0.05) is 35.9 Å². The Morgan fingerprint density at radius 1 is 1.08 bits per heavy atom.